The molecule has 2 atom stereocenters. The van der Waals surface area contributed by atoms with Crippen molar-refractivity contribution in [2.75, 3.05) is 13.1 Å². The zero-order chi connectivity index (χ0) is 19.1. The van der Waals surface area contributed by atoms with Gasteiger partial charge in [-0.1, -0.05) is 32.0 Å². The van der Waals surface area contributed by atoms with E-state index in [0.717, 1.165) is 42.6 Å². The van der Waals surface area contributed by atoms with Crippen molar-refractivity contribution in [3.63, 3.8) is 0 Å². The normalized spacial score (nSPS) is 35.1. The fourth-order valence-corrected chi connectivity index (χ4v) is 7.80. The van der Waals surface area contributed by atoms with Crippen molar-refractivity contribution in [2.24, 2.45) is 29.6 Å². The van der Waals surface area contributed by atoms with Gasteiger partial charge in [-0.05, 0) is 86.8 Å². The van der Waals surface area contributed by atoms with Crippen LogP contribution >= 0.6 is 0 Å². The quantitative estimate of drug-likeness (QED) is 0.664. The van der Waals surface area contributed by atoms with Gasteiger partial charge in [-0.15, -0.1) is 0 Å². The molecule has 0 aliphatic heterocycles. The average molecular weight is 391 g/mol. The van der Waals surface area contributed by atoms with Crippen LogP contribution in [-0.4, -0.2) is 27.0 Å². The minimum atomic E-state index is -3.38. The highest BCUT2D eigenvalue weighted by atomic mass is 32.2. The fourth-order valence-electron chi connectivity index (χ4n) is 6.70. The molecule has 0 aromatic heterocycles. The molecule has 27 heavy (non-hydrogen) atoms. The van der Waals surface area contributed by atoms with E-state index in [9.17, 15) is 8.42 Å². The van der Waals surface area contributed by atoms with Crippen molar-refractivity contribution < 1.29 is 8.42 Å². The third kappa shape index (κ3) is 3.96. The van der Waals surface area contributed by atoms with E-state index < -0.39 is 10.0 Å². The summed E-state index contributed by atoms with van der Waals surface area (Å²) in [5.74, 6) is 4.46. The Morgan fingerprint density at radius 1 is 1.04 bits per heavy atom. The number of hydrogen-bond acceptors (Lipinski definition) is 3. The molecule has 5 heteroatoms. The summed E-state index contributed by atoms with van der Waals surface area (Å²) < 4.78 is 27.3. The molecule has 0 heterocycles. The number of sulfonamides is 1. The van der Waals surface area contributed by atoms with E-state index in [1.165, 1.54) is 32.1 Å². The summed E-state index contributed by atoms with van der Waals surface area (Å²) in [7, 11) is -3.38. The highest BCUT2D eigenvalue weighted by molar-refractivity contribution is 7.89. The summed E-state index contributed by atoms with van der Waals surface area (Å²) >= 11 is 0. The lowest BCUT2D eigenvalue weighted by Gasteiger charge is -2.61. The molecule has 150 valence electrons. The van der Waals surface area contributed by atoms with Gasteiger partial charge >= 0.3 is 0 Å². The van der Waals surface area contributed by atoms with E-state index >= 15 is 0 Å². The predicted molar refractivity (Wildman–Crippen MR) is 109 cm³/mol. The minimum Gasteiger partial charge on any atom is -0.311 e. The molecule has 4 fully saturated rings. The Morgan fingerprint density at radius 3 is 2.33 bits per heavy atom. The molecule has 0 saturated heterocycles. The van der Waals surface area contributed by atoms with Crippen molar-refractivity contribution in [3.8, 4) is 0 Å². The third-order valence-electron chi connectivity index (χ3n) is 7.32. The molecule has 4 saturated carbocycles. The molecule has 2 unspecified atom stereocenters. The number of benzene rings is 1. The van der Waals surface area contributed by atoms with Crippen molar-refractivity contribution >= 4 is 10.0 Å². The van der Waals surface area contributed by atoms with E-state index in [-0.39, 0.29) is 0 Å². The van der Waals surface area contributed by atoms with Crippen molar-refractivity contribution in [2.45, 2.75) is 62.8 Å². The Morgan fingerprint density at radius 2 is 1.70 bits per heavy atom. The standard InChI is InChI=1S/C22H34N2O2S/c1-16(2)21-18-11-17-12-19(21)15-22(13-17,14-18)23-9-6-10-24-27(25,26)20-7-4-3-5-8-20/h3-5,7-8,16-19,21,23-24H,6,9-15H2,1-2H3. The van der Waals surface area contributed by atoms with Gasteiger partial charge in [0.05, 0.1) is 4.90 Å². The molecule has 4 bridgehead atoms. The van der Waals surface area contributed by atoms with Crippen molar-refractivity contribution in [1.29, 1.82) is 0 Å². The lowest BCUT2D eigenvalue weighted by molar-refractivity contribution is -0.0819. The molecule has 4 nitrogen and oxygen atoms in total. The van der Waals surface area contributed by atoms with Gasteiger partial charge in [-0.25, -0.2) is 13.1 Å². The van der Waals surface area contributed by atoms with E-state index in [0.29, 0.717) is 17.0 Å². The van der Waals surface area contributed by atoms with Gasteiger partial charge in [0.25, 0.3) is 0 Å². The smallest absolute Gasteiger partial charge is 0.240 e. The second kappa shape index (κ2) is 7.49. The lowest BCUT2D eigenvalue weighted by atomic mass is 9.47. The highest BCUT2D eigenvalue weighted by Crippen LogP contribution is 2.59. The summed E-state index contributed by atoms with van der Waals surface area (Å²) in [5.41, 5.74) is 0.334. The maximum atomic E-state index is 12.3. The molecular formula is C22H34N2O2S. The van der Waals surface area contributed by atoms with E-state index in [1.54, 1.807) is 24.3 Å². The molecule has 1 aromatic carbocycles. The first-order valence-corrected chi connectivity index (χ1v) is 12.2. The van der Waals surface area contributed by atoms with E-state index in [4.69, 9.17) is 0 Å². The third-order valence-corrected chi connectivity index (χ3v) is 8.79. The molecule has 4 aliphatic rings. The highest BCUT2D eigenvalue weighted by Gasteiger charge is 2.55. The van der Waals surface area contributed by atoms with Crippen LogP contribution in [0.3, 0.4) is 0 Å². The van der Waals surface area contributed by atoms with Crippen LogP contribution in [0.15, 0.2) is 35.2 Å². The van der Waals surface area contributed by atoms with Crippen LogP contribution in [0.4, 0.5) is 0 Å². The zero-order valence-electron chi connectivity index (χ0n) is 16.7. The summed E-state index contributed by atoms with van der Waals surface area (Å²) in [6, 6.07) is 8.63. The van der Waals surface area contributed by atoms with Gasteiger partial charge in [0.2, 0.25) is 10.0 Å². The first-order chi connectivity index (χ1) is 12.9. The van der Waals surface area contributed by atoms with Crippen LogP contribution < -0.4 is 10.0 Å². The minimum absolute atomic E-state index is 0.334. The summed E-state index contributed by atoms with van der Waals surface area (Å²) in [6.07, 6.45) is 7.72. The van der Waals surface area contributed by atoms with Gasteiger partial charge in [-0.3, -0.25) is 0 Å². The van der Waals surface area contributed by atoms with Crippen LogP contribution in [-0.2, 0) is 10.0 Å². The Hall–Kier alpha value is -0.910. The maximum absolute atomic E-state index is 12.3. The summed E-state index contributed by atoms with van der Waals surface area (Å²) in [5, 5.41) is 3.88. The lowest BCUT2D eigenvalue weighted by Crippen LogP contribution is -2.62. The monoisotopic (exact) mass is 390 g/mol. The fraction of sp³-hybridized carbons (Fsp3) is 0.727. The Kier molecular flexibility index (Phi) is 5.38. The van der Waals surface area contributed by atoms with Crippen molar-refractivity contribution in [1.82, 2.24) is 10.0 Å². The van der Waals surface area contributed by atoms with E-state index in [2.05, 4.69) is 23.9 Å². The molecule has 4 aliphatic carbocycles. The topological polar surface area (TPSA) is 58.2 Å². The SMILES string of the molecule is CC(C)C1C2CC3CC1CC(NCCCNS(=O)(=O)c1ccccc1)(C3)C2. The van der Waals surface area contributed by atoms with Crippen LogP contribution in [0.2, 0.25) is 0 Å². The molecule has 1 aromatic rings. The second-order valence-corrected chi connectivity index (χ2v) is 11.3. The number of rotatable bonds is 8. The van der Waals surface area contributed by atoms with Crippen LogP contribution in [0.25, 0.3) is 0 Å². The predicted octanol–water partition coefficient (Wildman–Crippen LogP) is 3.80. The first-order valence-electron chi connectivity index (χ1n) is 10.7. The Balaban J connectivity index is 1.27. The average Bonchev–Trinajstić information content (AvgIpc) is 2.61. The number of hydrogen-bond donors (Lipinski definition) is 2. The summed E-state index contributed by atoms with van der Waals surface area (Å²) in [4.78, 5) is 0.346. The maximum Gasteiger partial charge on any atom is 0.240 e. The summed E-state index contributed by atoms with van der Waals surface area (Å²) in [6.45, 7) is 6.21. The molecule has 0 spiro atoms. The Bertz CT molecular complexity index is 731. The first kappa shape index (κ1) is 19.4. The van der Waals surface area contributed by atoms with Gasteiger partial charge in [0, 0.05) is 12.1 Å². The van der Waals surface area contributed by atoms with Crippen LogP contribution in [0.5, 0.6) is 0 Å². The molecule has 2 N–H and O–H groups in total. The molecule has 0 radical (unpaired) electrons. The van der Waals surface area contributed by atoms with Gasteiger partial charge in [-0.2, -0.15) is 0 Å². The van der Waals surface area contributed by atoms with Gasteiger partial charge in [0.1, 0.15) is 0 Å². The molecule has 5 rings (SSSR count). The zero-order valence-corrected chi connectivity index (χ0v) is 17.5. The molecule has 0 amide bonds. The van der Waals surface area contributed by atoms with Crippen LogP contribution in [0.1, 0.15) is 52.4 Å². The largest absolute Gasteiger partial charge is 0.311 e. The van der Waals surface area contributed by atoms with Crippen molar-refractivity contribution in [3.05, 3.63) is 30.3 Å². The number of nitrogens with one attached hydrogen (secondary N) is 2. The van der Waals surface area contributed by atoms with Gasteiger partial charge in [0.15, 0.2) is 0 Å². The van der Waals surface area contributed by atoms with Crippen LogP contribution in [0, 0.1) is 29.6 Å². The second-order valence-electron chi connectivity index (χ2n) is 9.56. The Labute approximate surface area is 164 Å². The molecular weight excluding hydrogens is 356 g/mol. The van der Waals surface area contributed by atoms with Gasteiger partial charge < -0.3 is 5.32 Å². The van der Waals surface area contributed by atoms with E-state index in [1.807, 2.05) is 6.07 Å².